The molecule has 0 heterocycles. The predicted molar refractivity (Wildman–Crippen MR) is 84.3 cm³/mol. The topological polar surface area (TPSA) is 27.7 Å². The Morgan fingerprint density at radius 1 is 1.05 bits per heavy atom. The van der Waals surface area contributed by atoms with Crippen LogP contribution in [-0.2, 0) is 20.8 Å². The highest BCUT2D eigenvalue weighted by Crippen LogP contribution is 2.32. The van der Waals surface area contributed by atoms with Crippen LogP contribution < -0.4 is 0 Å². The predicted octanol–water partition coefficient (Wildman–Crippen LogP) is 4.26. The lowest BCUT2D eigenvalue weighted by Crippen LogP contribution is -2.14. The molecule has 1 unspecified atom stereocenters. The van der Waals surface area contributed by atoms with Crippen LogP contribution in [0.4, 0.5) is 0 Å². The van der Waals surface area contributed by atoms with Crippen molar-refractivity contribution in [2.75, 3.05) is 20.3 Å². The summed E-state index contributed by atoms with van der Waals surface area (Å²) in [7, 11) is 1.64. The van der Waals surface area contributed by atoms with Gasteiger partial charge in [-0.25, -0.2) is 0 Å². The number of rotatable bonds is 8. The average Bonchev–Trinajstić information content (AvgIpc) is 2.55. The van der Waals surface area contributed by atoms with Crippen LogP contribution >= 0.6 is 0 Å². The molecule has 1 saturated carbocycles. The molecular weight excluding hydrogens is 264 g/mol. The highest BCUT2D eigenvalue weighted by atomic mass is 16.7. The molecule has 3 nitrogen and oxygen atoms in total. The lowest BCUT2D eigenvalue weighted by atomic mass is 9.84. The zero-order chi connectivity index (χ0) is 14.9. The largest absolute Gasteiger partial charge is 0.374 e. The van der Waals surface area contributed by atoms with Crippen molar-refractivity contribution in [2.45, 2.75) is 57.8 Å². The first-order chi connectivity index (χ1) is 10.3. The lowest BCUT2D eigenvalue weighted by molar-refractivity contribution is -0.122. The van der Waals surface area contributed by atoms with Crippen molar-refractivity contribution in [3.05, 3.63) is 35.4 Å². The molecule has 1 aliphatic carbocycles. The van der Waals surface area contributed by atoms with Gasteiger partial charge in [0.25, 0.3) is 0 Å². The first-order valence-corrected chi connectivity index (χ1v) is 8.10. The minimum Gasteiger partial charge on any atom is -0.374 e. The molecular formula is C18H28O3. The maximum atomic E-state index is 5.62. The molecule has 3 heteroatoms. The van der Waals surface area contributed by atoms with Gasteiger partial charge in [0.1, 0.15) is 0 Å². The molecule has 2 rings (SSSR count). The molecule has 0 saturated heterocycles. The summed E-state index contributed by atoms with van der Waals surface area (Å²) in [5.41, 5.74) is 2.73. The van der Waals surface area contributed by atoms with Crippen LogP contribution in [0.2, 0.25) is 0 Å². The summed E-state index contributed by atoms with van der Waals surface area (Å²) < 4.78 is 16.0. The van der Waals surface area contributed by atoms with Gasteiger partial charge in [0.15, 0.2) is 6.29 Å². The van der Waals surface area contributed by atoms with Crippen molar-refractivity contribution in [1.82, 2.24) is 0 Å². The molecule has 0 spiro atoms. The summed E-state index contributed by atoms with van der Waals surface area (Å²) in [6, 6.07) is 8.95. The number of hydrogen-bond donors (Lipinski definition) is 0. The summed E-state index contributed by atoms with van der Waals surface area (Å²) in [5.74, 6) is 0.776. The summed E-state index contributed by atoms with van der Waals surface area (Å²) >= 11 is 0. The normalized spacial score (nSPS) is 17.8. The Morgan fingerprint density at radius 3 is 2.43 bits per heavy atom. The molecule has 0 radical (unpaired) electrons. The Balaban J connectivity index is 1.67. The molecule has 1 aromatic rings. The van der Waals surface area contributed by atoms with Crippen LogP contribution in [0.5, 0.6) is 0 Å². The van der Waals surface area contributed by atoms with Gasteiger partial charge in [0.2, 0.25) is 0 Å². The van der Waals surface area contributed by atoms with E-state index < -0.39 is 0 Å². The van der Waals surface area contributed by atoms with Gasteiger partial charge in [-0.1, -0.05) is 43.5 Å². The fraction of sp³-hybridized carbons (Fsp3) is 0.667. The van der Waals surface area contributed by atoms with E-state index in [-0.39, 0.29) is 6.29 Å². The van der Waals surface area contributed by atoms with Crippen LogP contribution in [-0.4, -0.2) is 26.6 Å². The summed E-state index contributed by atoms with van der Waals surface area (Å²) in [5, 5.41) is 0. The van der Waals surface area contributed by atoms with Gasteiger partial charge < -0.3 is 14.2 Å². The Labute approximate surface area is 128 Å². The van der Waals surface area contributed by atoms with Crippen molar-refractivity contribution in [3.63, 3.8) is 0 Å². The third kappa shape index (κ3) is 5.77. The molecule has 21 heavy (non-hydrogen) atoms. The van der Waals surface area contributed by atoms with Gasteiger partial charge in [0.05, 0.1) is 19.8 Å². The van der Waals surface area contributed by atoms with Gasteiger partial charge in [-0.2, -0.15) is 0 Å². The molecule has 0 N–H and O–H groups in total. The monoisotopic (exact) mass is 292 g/mol. The van der Waals surface area contributed by atoms with Crippen molar-refractivity contribution in [1.29, 1.82) is 0 Å². The van der Waals surface area contributed by atoms with Gasteiger partial charge in [-0.15, -0.1) is 0 Å². The van der Waals surface area contributed by atoms with E-state index in [1.807, 2.05) is 6.92 Å². The van der Waals surface area contributed by atoms with Crippen molar-refractivity contribution in [3.8, 4) is 0 Å². The Hall–Kier alpha value is -0.900. The van der Waals surface area contributed by atoms with Gasteiger partial charge in [-0.05, 0) is 36.8 Å². The van der Waals surface area contributed by atoms with Gasteiger partial charge in [0, 0.05) is 7.11 Å². The maximum absolute atomic E-state index is 5.62. The van der Waals surface area contributed by atoms with E-state index in [9.17, 15) is 0 Å². The van der Waals surface area contributed by atoms with Crippen LogP contribution in [0.15, 0.2) is 24.3 Å². The highest BCUT2D eigenvalue weighted by molar-refractivity contribution is 5.25. The van der Waals surface area contributed by atoms with Crippen LogP contribution in [0.25, 0.3) is 0 Å². The average molecular weight is 292 g/mol. The molecule has 1 atom stereocenters. The molecule has 118 valence electrons. The fourth-order valence-corrected chi connectivity index (χ4v) is 2.85. The first kappa shape index (κ1) is 16.5. The minimum absolute atomic E-state index is 0.164. The first-order valence-electron chi connectivity index (χ1n) is 8.10. The molecule has 1 fully saturated rings. The van der Waals surface area contributed by atoms with Gasteiger partial charge in [-0.3, -0.25) is 0 Å². The van der Waals surface area contributed by atoms with E-state index in [0.29, 0.717) is 19.8 Å². The third-order valence-corrected chi connectivity index (χ3v) is 4.24. The van der Waals surface area contributed by atoms with Crippen LogP contribution in [0.3, 0.4) is 0 Å². The molecule has 0 amide bonds. The molecule has 0 aliphatic heterocycles. The molecule has 1 aromatic carbocycles. The zero-order valence-corrected chi connectivity index (χ0v) is 13.3. The Morgan fingerprint density at radius 2 is 1.76 bits per heavy atom. The van der Waals surface area contributed by atoms with Gasteiger partial charge >= 0.3 is 0 Å². The van der Waals surface area contributed by atoms with E-state index in [4.69, 9.17) is 14.2 Å². The lowest BCUT2D eigenvalue weighted by Gasteiger charge is -2.22. The number of benzene rings is 1. The number of methoxy groups -OCH3 is 1. The van der Waals surface area contributed by atoms with Crippen molar-refractivity contribution in [2.24, 2.45) is 0 Å². The van der Waals surface area contributed by atoms with Crippen molar-refractivity contribution < 1.29 is 14.2 Å². The van der Waals surface area contributed by atoms with E-state index in [2.05, 4.69) is 24.3 Å². The SMILES string of the molecule is COC(C)OCCOCc1ccc(C2CCCCC2)cc1. The maximum Gasteiger partial charge on any atom is 0.154 e. The quantitative estimate of drug-likeness (QED) is 0.529. The number of ether oxygens (including phenoxy) is 3. The second-order valence-electron chi connectivity index (χ2n) is 5.80. The van der Waals surface area contributed by atoms with E-state index >= 15 is 0 Å². The number of hydrogen-bond acceptors (Lipinski definition) is 3. The van der Waals surface area contributed by atoms with E-state index in [1.165, 1.54) is 43.2 Å². The fourth-order valence-electron chi connectivity index (χ4n) is 2.85. The zero-order valence-electron chi connectivity index (χ0n) is 13.3. The second kappa shape index (κ2) is 9.19. The molecule has 1 aliphatic rings. The molecule has 0 aromatic heterocycles. The standard InChI is InChI=1S/C18H28O3/c1-15(19-2)21-13-12-20-14-16-8-10-18(11-9-16)17-6-4-3-5-7-17/h8-11,15,17H,3-7,12-14H2,1-2H3. The Kier molecular flexibility index (Phi) is 7.20. The van der Waals surface area contributed by atoms with E-state index in [0.717, 1.165) is 5.92 Å². The third-order valence-electron chi connectivity index (χ3n) is 4.24. The van der Waals surface area contributed by atoms with Crippen molar-refractivity contribution >= 4 is 0 Å². The smallest absolute Gasteiger partial charge is 0.154 e. The second-order valence-corrected chi connectivity index (χ2v) is 5.80. The minimum atomic E-state index is -0.164. The summed E-state index contributed by atoms with van der Waals surface area (Å²) in [6.07, 6.45) is 6.72. The summed E-state index contributed by atoms with van der Waals surface area (Å²) in [4.78, 5) is 0. The van der Waals surface area contributed by atoms with Crippen LogP contribution in [0.1, 0.15) is 56.1 Å². The Bertz CT molecular complexity index is 382. The van der Waals surface area contributed by atoms with Crippen LogP contribution in [0, 0.1) is 0 Å². The highest BCUT2D eigenvalue weighted by Gasteiger charge is 2.14. The molecule has 0 bridgehead atoms. The van der Waals surface area contributed by atoms with E-state index in [1.54, 1.807) is 7.11 Å². The summed E-state index contributed by atoms with van der Waals surface area (Å²) in [6.45, 7) is 3.69.